The molecule has 13 heteroatoms. The summed E-state index contributed by atoms with van der Waals surface area (Å²) in [4.78, 5) is 22.3. The first-order chi connectivity index (χ1) is 20.2. The summed E-state index contributed by atoms with van der Waals surface area (Å²) >= 11 is 1.21. The van der Waals surface area contributed by atoms with Gasteiger partial charge in [-0.15, -0.1) is 0 Å². The fraction of sp³-hybridized carbons (Fsp3) is 0.345. The van der Waals surface area contributed by atoms with Crippen LogP contribution in [0.5, 0.6) is 0 Å². The van der Waals surface area contributed by atoms with Crippen molar-refractivity contribution in [1.29, 1.82) is 5.26 Å². The van der Waals surface area contributed by atoms with E-state index < -0.39 is 10.0 Å². The van der Waals surface area contributed by atoms with Gasteiger partial charge in [0.1, 0.15) is 22.5 Å². The smallest absolute Gasteiger partial charge is 0.258 e. The fourth-order valence-electron chi connectivity index (χ4n) is 5.10. The third-order valence-corrected chi connectivity index (χ3v) is 10.4. The highest BCUT2D eigenvalue weighted by molar-refractivity contribution is 7.89. The summed E-state index contributed by atoms with van der Waals surface area (Å²) in [5.74, 6) is -0.454. The van der Waals surface area contributed by atoms with Crippen LogP contribution in [-0.2, 0) is 16.6 Å². The van der Waals surface area contributed by atoms with Crippen LogP contribution in [0.2, 0.25) is 0 Å². The van der Waals surface area contributed by atoms with Gasteiger partial charge >= 0.3 is 0 Å². The molecule has 0 bridgehead atoms. The van der Waals surface area contributed by atoms with Crippen molar-refractivity contribution in [2.75, 3.05) is 55.4 Å². The average Bonchev–Trinajstić information content (AvgIpc) is 3.45. The second kappa shape index (κ2) is 12.2. The summed E-state index contributed by atoms with van der Waals surface area (Å²) in [5, 5.41) is 20.6. The number of rotatable bonds is 9. The Labute approximate surface area is 247 Å². The molecule has 3 heterocycles. The van der Waals surface area contributed by atoms with E-state index in [0.29, 0.717) is 64.8 Å². The maximum Gasteiger partial charge on any atom is 0.258 e. The zero-order valence-electron chi connectivity index (χ0n) is 23.3. The minimum atomic E-state index is -3.43. The van der Waals surface area contributed by atoms with Gasteiger partial charge in [-0.3, -0.25) is 4.79 Å². The van der Waals surface area contributed by atoms with Crippen LogP contribution in [0.3, 0.4) is 0 Å². The molecule has 0 aliphatic carbocycles. The highest BCUT2D eigenvalue weighted by Crippen LogP contribution is 2.38. The van der Waals surface area contributed by atoms with Crippen molar-refractivity contribution < 1.29 is 17.9 Å². The first-order valence-electron chi connectivity index (χ1n) is 13.6. The Bertz CT molecular complexity index is 1810. The molecule has 1 N–H and O–H groups in total. The highest BCUT2D eigenvalue weighted by atomic mass is 32.2. The van der Waals surface area contributed by atoms with Crippen molar-refractivity contribution in [3.05, 3.63) is 69.7 Å². The summed E-state index contributed by atoms with van der Waals surface area (Å²) in [6.07, 6.45) is 1.99. The lowest BCUT2D eigenvalue weighted by Crippen LogP contribution is -2.49. The Morgan fingerprint density at radius 3 is 2.48 bits per heavy atom. The van der Waals surface area contributed by atoms with Gasteiger partial charge in [0.2, 0.25) is 10.0 Å². The van der Waals surface area contributed by atoms with E-state index in [1.54, 1.807) is 29.0 Å². The summed E-state index contributed by atoms with van der Waals surface area (Å²) in [5.41, 5.74) is 2.56. The summed E-state index contributed by atoms with van der Waals surface area (Å²) in [6.45, 7) is 3.82. The van der Waals surface area contributed by atoms with E-state index in [4.69, 9.17) is 10.1 Å². The van der Waals surface area contributed by atoms with Crippen molar-refractivity contribution in [3.63, 3.8) is 0 Å². The number of nitriles is 1. The molecule has 10 nitrogen and oxygen atoms in total. The van der Waals surface area contributed by atoms with Crippen molar-refractivity contribution in [3.8, 4) is 17.3 Å². The zero-order chi connectivity index (χ0) is 30.0. The molecule has 2 aromatic heterocycles. The van der Waals surface area contributed by atoms with Gasteiger partial charge in [0.25, 0.3) is 5.56 Å². The minimum absolute atomic E-state index is 0.0774. The van der Waals surface area contributed by atoms with Gasteiger partial charge in [-0.25, -0.2) is 17.8 Å². The van der Waals surface area contributed by atoms with Gasteiger partial charge in [0.15, 0.2) is 5.13 Å². The second-order valence-electron chi connectivity index (χ2n) is 9.97. The molecule has 1 fully saturated rings. The van der Waals surface area contributed by atoms with Crippen LogP contribution in [0.1, 0.15) is 18.2 Å². The van der Waals surface area contributed by atoms with Gasteiger partial charge < -0.3 is 19.5 Å². The number of benzene rings is 2. The van der Waals surface area contributed by atoms with Gasteiger partial charge in [0.05, 0.1) is 11.4 Å². The number of halogens is 1. The lowest BCUT2D eigenvalue weighted by molar-refractivity contribution is 0.293. The molecule has 5 rings (SSSR count). The van der Waals surface area contributed by atoms with Crippen molar-refractivity contribution in [2.45, 2.75) is 19.9 Å². The molecule has 220 valence electrons. The standard InChI is InChI=1S/C29H31FN6O4S2/c1-3-34-19-25(33(2)29-32-27(26(18-31)41-29)20-5-7-21(30)8-6-20)24-17-22(9-10-23(24)28(34)38)35-11-13-36(14-12-35)42(39,40)16-4-15-37/h5-10,17,19,37H,3-4,11-16H2,1-2H3. The van der Waals surface area contributed by atoms with Crippen molar-refractivity contribution in [2.24, 2.45) is 0 Å². The minimum Gasteiger partial charge on any atom is -0.396 e. The summed E-state index contributed by atoms with van der Waals surface area (Å²) < 4.78 is 41.8. The Balaban J connectivity index is 1.51. The number of thiazole rings is 1. The third kappa shape index (κ3) is 5.76. The second-order valence-corrected chi connectivity index (χ2v) is 13.0. The van der Waals surface area contributed by atoms with Crippen molar-refractivity contribution in [1.82, 2.24) is 13.9 Å². The van der Waals surface area contributed by atoms with Crippen LogP contribution in [0.25, 0.3) is 22.0 Å². The van der Waals surface area contributed by atoms with E-state index >= 15 is 0 Å². The molecular formula is C29H31FN6O4S2. The third-order valence-electron chi connectivity index (χ3n) is 7.43. The SMILES string of the molecule is CCn1cc(N(C)c2nc(-c3ccc(F)cc3)c(C#N)s2)c2cc(N3CCN(S(=O)(=O)CCCO)CC3)ccc2c1=O. The van der Waals surface area contributed by atoms with E-state index in [1.165, 1.54) is 27.8 Å². The Morgan fingerprint density at radius 2 is 1.83 bits per heavy atom. The molecule has 0 saturated carbocycles. The molecule has 42 heavy (non-hydrogen) atoms. The largest absolute Gasteiger partial charge is 0.396 e. The van der Waals surface area contributed by atoms with E-state index in [2.05, 4.69) is 11.0 Å². The number of sulfonamides is 1. The number of piperazine rings is 1. The molecule has 1 aliphatic heterocycles. The summed E-state index contributed by atoms with van der Waals surface area (Å²) in [7, 11) is -1.60. The van der Waals surface area contributed by atoms with Crippen molar-refractivity contribution >= 4 is 48.6 Å². The number of nitrogens with zero attached hydrogens (tertiary/aromatic N) is 6. The van der Waals surface area contributed by atoms with Crippen LogP contribution in [0.15, 0.2) is 53.5 Å². The molecule has 0 atom stereocenters. The zero-order valence-corrected chi connectivity index (χ0v) is 25.0. The van der Waals surface area contributed by atoms with Crippen LogP contribution in [-0.4, -0.2) is 73.0 Å². The van der Waals surface area contributed by atoms with E-state index in [9.17, 15) is 22.9 Å². The first kappa shape index (κ1) is 29.7. The normalized spacial score (nSPS) is 14.3. The van der Waals surface area contributed by atoms with Crippen LogP contribution >= 0.6 is 11.3 Å². The molecule has 0 unspecified atom stereocenters. The number of aliphatic hydroxyl groups is 1. The molecule has 4 aromatic rings. The first-order valence-corrected chi connectivity index (χ1v) is 16.0. The summed E-state index contributed by atoms with van der Waals surface area (Å²) in [6, 6.07) is 13.7. The molecule has 0 spiro atoms. The number of hydrogen-bond acceptors (Lipinski definition) is 9. The quantitative estimate of drug-likeness (QED) is 0.304. The van der Waals surface area contributed by atoms with E-state index in [0.717, 1.165) is 11.4 Å². The molecule has 2 aromatic carbocycles. The number of aliphatic hydroxyl groups excluding tert-OH is 1. The van der Waals surface area contributed by atoms with Crippen LogP contribution in [0.4, 0.5) is 20.9 Å². The van der Waals surface area contributed by atoms with Crippen LogP contribution in [0, 0.1) is 17.1 Å². The Kier molecular flexibility index (Phi) is 8.60. The van der Waals surface area contributed by atoms with Crippen LogP contribution < -0.4 is 15.4 Å². The molecule has 1 aliphatic rings. The van der Waals surface area contributed by atoms with E-state index in [-0.39, 0.29) is 30.2 Å². The number of fused-ring (bicyclic) bond motifs is 1. The lowest BCUT2D eigenvalue weighted by atomic mass is 10.1. The maximum absolute atomic E-state index is 13.5. The van der Waals surface area contributed by atoms with Gasteiger partial charge in [0, 0.05) is 74.6 Å². The van der Waals surface area contributed by atoms with E-state index in [1.807, 2.05) is 31.0 Å². The maximum atomic E-state index is 13.5. The highest BCUT2D eigenvalue weighted by Gasteiger charge is 2.27. The number of anilines is 3. The monoisotopic (exact) mass is 610 g/mol. The van der Waals surface area contributed by atoms with Gasteiger partial charge in [-0.05, 0) is 55.8 Å². The number of aromatic nitrogens is 2. The number of hydrogen-bond donors (Lipinski definition) is 1. The molecule has 0 radical (unpaired) electrons. The predicted molar refractivity (Wildman–Crippen MR) is 163 cm³/mol. The number of pyridine rings is 1. The average molecular weight is 611 g/mol. The Hall–Kier alpha value is -3.83. The van der Waals surface area contributed by atoms with Gasteiger partial charge in [-0.2, -0.15) is 9.57 Å². The molecular weight excluding hydrogens is 579 g/mol. The fourth-order valence-corrected chi connectivity index (χ4v) is 7.43. The lowest BCUT2D eigenvalue weighted by Gasteiger charge is -2.35. The molecule has 1 saturated heterocycles. The number of aryl methyl sites for hydroxylation is 1. The van der Waals surface area contributed by atoms with Gasteiger partial charge in [-0.1, -0.05) is 11.3 Å². The molecule has 0 amide bonds. The topological polar surface area (TPSA) is 123 Å². The Morgan fingerprint density at radius 1 is 1.12 bits per heavy atom. The predicted octanol–water partition coefficient (Wildman–Crippen LogP) is 3.76.